The summed E-state index contributed by atoms with van der Waals surface area (Å²) in [6, 6.07) is 0. The molecule has 0 spiro atoms. The van der Waals surface area contributed by atoms with Crippen molar-refractivity contribution in [3.63, 3.8) is 0 Å². The molecule has 0 fully saturated rings. The van der Waals surface area contributed by atoms with Gasteiger partial charge in [0.1, 0.15) is 5.10 Å². The Morgan fingerprint density at radius 1 is 1.70 bits per heavy atom. The van der Waals surface area contributed by atoms with E-state index >= 15 is 0 Å². The van der Waals surface area contributed by atoms with Gasteiger partial charge in [-0.15, -0.1) is 0 Å². The number of nitrogens with zero attached hydrogens (tertiary/aromatic N) is 3. The highest BCUT2D eigenvalue weighted by molar-refractivity contribution is 5.54. The summed E-state index contributed by atoms with van der Waals surface area (Å²) in [5.41, 5.74) is 0. The Balaban J connectivity index is 0.000000810. The maximum Gasteiger partial charge on any atom is 0.561 e. The lowest BCUT2D eigenvalue weighted by Crippen LogP contribution is -3.00. The molecule has 0 aromatic heterocycles. The lowest BCUT2D eigenvalue weighted by Gasteiger charge is -2.05. The lowest BCUT2D eigenvalue weighted by atomic mass is 10.5. The van der Waals surface area contributed by atoms with E-state index in [-0.39, 0.29) is 17.0 Å². The minimum absolute atomic E-state index is 0. The normalized spacial score (nSPS) is 15.0. The molecule has 1 rings (SSSR count). The summed E-state index contributed by atoms with van der Waals surface area (Å²) in [5, 5.41) is 7.21. The fraction of sp³-hybridized carbons (Fsp3) is 0.800. The van der Waals surface area contributed by atoms with Gasteiger partial charge >= 0.3 is 6.34 Å². The number of rotatable bonds is 2. The maximum atomic E-state index is 5.34. The van der Waals surface area contributed by atoms with Crippen LogP contribution >= 0.6 is 0 Å². The molecule has 2 N–H and O–H groups in total. The Bertz CT molecular complexity index is 116. The van der Waals surface area contributed by atoms with Crippen LogP contribution in [0.15, 0.2) is 5.10 Å². The van der Waals surface area contributed by atoms with Gasteiger partial charge in [0.15, 0.2) is 6.67 Å². The molecule has 0 saturated heterocycles. The quantitative estimate of drug-likeness (QED) is 0.380. The molecule has 0 saturated carbocycles. The van der Waals surface area contributed by atoms with Crippen LogP contribution in [0.3, 0.4) is 0 Å². The first-order chi connectivity index (χ1) is 4.33. The highest BCUT2D eigenvalue weighted by atomic mass is 79.9. The van der Waals surface area contributed by atoms with Crippen molar-refractivity contribution in [1.29, 1.82) is 0 Å². The van der Waals surface area contributed by atoms with Crippen molar-refractivity contribution in [1.82, 2.24) is 10.0 Å². The number of hydrogen-bond donors (Lipinski definition) is 1. The van der Waals surface area contributed by atoms with Gasteiger partial charge in [0.05, 0.1) is 0 Å². The molecule has 0 unspecified atom stereocenters. The van der Waals surface area contributed by atoms with Crippen molar-refractivity contribution in [2.24, 2.45) is 10.9 Å². The lowest BCUT2D eigenvalue weighted by molar-refractivity contribution is -0.00000212. The topological polar surface area (TPSA) is 44.9 Å². The summed E-state index contributed by atoms with van der Waals surface area (Å²) in [6.07, 6.45) is 3.71. The molecule has 4 nitrogen and oxygen atoms in total. The molecule has 5 heteroatoms. The van der Waals surface area contributed by atoms with Crippen LogP contribution in [0.2, 0.25) is 0 Å². The zero-order valence-electron chi connectivity index (χ0n) is 5.92. The SMILES string of the molecule is CCCN1CN(N)[C+]=N1.[Br-]. The largest absolute Gasteiger partial charge is 1.00 e. The molecule has 10 heavy (non-hydrogen) atoms. The minimum Gasteiger partial charge on any atom is -1.00 e. The smallest absolute Gasteiger partial charge is 0.561 e. The van der Waals surface area contributed by atoms with Gasteiger partial charge in [-0.3, -0.25) is 0 Å². The second-order valence-corrected chi connectivity index (χ2v) is 2.04. The first-order valence-electron chi connectivity index (χ1n) is 3.06. The average Bonchev–Trinajstić information content (AvgIpc) is 2.17. The first kappa shape index (κ1) is 9.62. The van der Waals surface area contributed by atoms with E-state index < -0.39 is 0 Å². The van der Waals surface area contributed by atoms with E-state index in [1.54, 1.807) is 0 Å². The summed E-state index contributed by atoms with van der Waals surface area (Å²) in [4.78, 5) is 0. The van der Waals surface area contributed by atoms with Gasteiger partial charge in [-0.2, -0.15) is 0 Å². The van der Waals surface area contributed by atoms with Crippen LogP contribution in [0, 0.1) is 0 Å². The van der Waals surface area contributed by atoms with E-state index in [0.717, 1.165) is 13.0 Å². The van der Waals surface area contributed by atoms with Crippen molar-refractivity contribution in [3.05, 3.63) is 0 Å². The highest BCUT2D eigenvalue weighted by Gasteiger charge is 2.22. The van der Waals surface area contributed by atoms with Crippen LogP contribution in [-0.4, -0.2) is 29.6 Å². The molecule has 58 valence electrons. The number of halogens is 1. The van der Waals surface area contributed by atoms with E-state index in [0.29, 0.717) is 6.67 Å². The van der Waals surface area contributed by atoms with Crippen LogP contribution in [0.25, 0.3) is 0 Å². The van der Waals surface area contributed by atoms with Gasteiger partial charge in [0, 0.05) is 6.54 Å². The van der Waals surface area contributed by atoms with Crippen LogP contribution in [0.5, 0.6) is 0 Å². The highest BCUT2D eigenvalue weighted by Crippen LogP contribution is 1.97. The summed E-state index contributed by atoms with van der Waals surface area (Å²) in [5.74, 6) is 5.34. The zero-order chi connectivity index (χ0) is 6.69. The van der Waals surface area contributed by atoms with E-state index in [9.17, 15) is 0 Å². The molecule has 1 aliphatic heterocycles. The van der Waals surface area contributed by atoms with E-state index in [1.807, 2.05) is 5.01 Å². The van der Waals surface area contributed by atoms with Crippen molar-refractivity contribution in [2.45, 2.75) is 13.3 Å². The third-order valence-corrected chi connectivity index (χ3v) is 1.11. The fourth-order valence-corrected chi connectivity index (χ4v) is 0.739. The minimum atomic E-state index is 0. The van der Waals surface area contributed by atoms with Crippen LogP contribution in [0.4, 0.5) is 0 Å². The predicted molar refractivity (Wildman–Crippen MR) is 35.3 cm³/mol. The van der Waals surface area contributed by atoms with Crippen LogP contribution in [-0.2, 0) is 0 Å². The number of nitrogens with two attached hydrogens (primary N) is 1. The van der Waals surface area contributed by atoms with Crippen molar-refractivity contribution >= 4 is 6.34 Å². The molecular weight excluding hydrogens is 196 g/mol. The molecule has 0 aliphatic carbocycles. The third kappa shape index (κ3) is 2.47. The monoisotopic (exact) mass is 206 g/mol. The molecule has 1 heterocycles. The van der Waals surface area contributed by atoms with Crippen LogP contribution in [0.1, 0.15) is 13.3 Å². The maximum absolute atomic E-state index is 5.34. The molecule has 0 atom stereocenters. The fourth-order valence-electron chi connectivity index (χ4n) is 0.739. The Kier molecular flexibility index (Phi) is 4.27. The van der Waals surface area contributed by atoms with Gasteiger partial charge in [0.2, 0.25) is 0 Å². The van der Waals surface area contributed by atoms with E-state index in [4.69, 9.17) is 5.84 Å². The molecule has 0 amide bonds. The third-order valence-electron chi connectivity index (χ3n) is 1.11. The summed E-state index contributed by atoms with van der Waals surface area (Å²) in [6.45, 7) is 3.74. The first-order valence-corrected chi connectivity index (χ1v) is 3.06. The molecule has 1 aliphatic rings. The summed E-state index contributed by atoms with van der Waals surface area (Å²) < 4.78 is 0. The predicted octanol–water partition coefficient (Wildman–Crippen LogP) is -3.33. The van der Waals surface area contributed by atoms with Gasteiger partial charge in [-0.25, -0.2) is 10.9 Å². The molecule has 0 aromatic rings. The molecule has 0 aromatic carbocycles. The number of hydrazone groups is 1. The van der Waals surface area contributed by atoms with Gasteiger partial charge in [-0.1, -0.05) is 11.9 Å². The van der Waals surface area contributed by atoms with Gasteiger partial charge in [-0.05, 0) is 6.42 Å². The summed E-state index contributed by atoms with van der Waals surface area (Å²) >= 11 is 0. The second kappa shape index (κ2) is 4.44. The zero-order valence-corrected chi connectivity index (χ0v) is 7.50. The Morgan fingerprint density at radius 3 is 2.80 bits per heavy atom. The Labute approximate surface area is 71.4 Å². The van der Waals surface area contributed by atoms with E-state index in [2.05, 4.69) is 18.4 Å². The molecular formula is C5H11BrN4. The standard InChI is InChI=1S/C5H11N4.BrH/c1-2-3-9-5-8(6)4-7-9;/h2-3,5-6H2,1H3;1H/q+1;/p-1. The van der Waals surface area contributed by atoms with E-state index in [1.165, 1.54) is 5.01 Å². The Morgan fingerprint density at radius 2 is 2.40 bits per heavy atom. The van der Waals surface area contributed by atoms with Crippen molar-refractivity contribution in [3.8, 4) is 0 Å². The molecule has 0 bridgehead atoms. The number of hydrazine groups is 1. The Hall–Kier alpha value is -0.380. The van der Waals surface area contributed by atoms with Gasteiger partial charge in [0.25, 0.3) is 0 Å². The average molecular weight is 207 g/mol. The van der Waals surface area contributed by atoms with Crippen molar-refractivity contribution in [2.75, 3.05) is 13.2 Å². The van der Waals surface area contributed by atoms with Crippen molar-refractivity contribution < 1.29 is 17.0 Å². The summed E-state index contributed by atoms with van der Waals surface area (Å²) in [7, 11) is 0. The second-order valence-electron chi connectivity index (χ2n) is 2.04. The molecule has 0 radical (unpaired) electrons. The van der Waals surface area contributed by atoms with Crippen LogP contribution < -0.4 is 22.8 Å². The van der Waals surface area contributed by atoms with Gasteiger partial charge < -0.3 is 17.0 Å². The number of hydrogen-bond acceptors (Lipinski definition) is 4.